The zero-order chi connectivity index (χ0) is 11.6. The largest absolute Gasteiger partial charge is 0.317 e. The highest BCUT2D eigenvalue weighted by Gasteiger charge is 2.34. The number of piperidine rings is 1. The van der Waals surface area contributed by atoms with E-state index in [0.717, 1.165) is 29.7 Å². The van der Waals surface area contributed by atoms with E-state index in [9.17, 15) is 4.79 Å². The number of anilines is 1. The summed E-state index contributed by atoms with van der Waals surface area (Å²) in [4.78, 5) is 16.2. The molecule has 0 spiro atoms. The molecule has 2 N–H and O–H groups in total. The number of rotatable bonds is 2. The maximum absolute atomic E-state index is 12.1. The fourth-order valence-electron chi connectivity index (χ4n) is 1.77. The first-order chi connectivity index (χ1) is 7.60. The number of hydrogen-bond acceptors (Lipinski definition) is 4. The molecule has 0 saturated carbocycles. The molecule has 0 bridgehead atoms. The van der Waals surface area contributed by atoms with E-state index in [-0.39, 0.29) is 11.3 Å². The highest BCUT2D eigenvalue weighted by atomic mass is 79.9. The lowest BCUT2D eigenvalue weighted by Crippen LogP contribution is -2.42. The maximum Gasteiger partial charge on any atom is 0.232 e. The average molecular weight is 304 g/mol. The fraction of sp³-hybridized carbons (Fsp3) is 0.600. The highest BCUT2D eigenvalue weighted by molar-refractivity contribution is 9.11. The Balaban J connectivity index is 2.01. The summed E-state index contributed by atoms with van der Waals surface area (Å²) in [5.41, 5.74) is -0.261. The van der Waals surface area contributed by atoms with E-state index < -0.39 is 0 Å². The van der Waals surface area contributed by atoms with Gasteiger partial charge in [0.2, 0.25) is 5.91 Å². The van der Waals surface area contributed by atoms with Crippen molar-refractivity contribution in [2.24, 2.45) is 5.41 Å². The van der Waals surface area contributed by atoms with Crippen molar-refractivity contribution in [3.8, 4) is 0 Å². The third-order valence-electron chi connectivity index (χ3n) is 2.95. The summed E-state index contributed by atoms with van der Waals surface area (Å²) < 4.78 is 0.929. The van der Waals surface area contributed by atoms with E-state index >= 15 is 0 Å². The van der Waals surface area contributed by atoms with Crippen LogP contribution in [-0.2, 0) is 4.79 Å². The van der Waals surface area contributed by atoms with Gasteiger partial charge in [0.25, 0.3) is 0 Å². The Bertz CT molecular complexity index is 387. The van der Waals surface area contributed by atoms with Gasteiger partial charge in [0, 0.05) is 5.41 Å². The first-order valence-corrected chi connectivity index (χ1v) is 6.85. The summed E-state index contributed by atoms with van der Waals surface area (Å²) in [5.74, 6) is 0.0795. The van der Waals surface area contributed by atoms with Crippen LogP contribution in [0.4, 0.5) is 5.13 Å². The van der Waals surface area contributed by atoms with Gasteiger partial charge in [0.15, 0.2) is 5.13 Å². The van der Waals surface area contributed by atoms with Crippen LogP contribution >= 0.6 is 27.3 Å². The second-order valence-electron chi connectivity index (χ2n) is 4.23. The molecule has 1 aromatic rings. The van der Waals surface area contributed by atoms with Gasteiger partial charge in [0.1, 0.15) is 0 Å². The SMILES string of the molecule is CC1(C(=O)Nc2ncc(Br)s2)CCNCC1. The summed E-state index contributed by atoms with van der Waals surface area (Å²) in [5, 5.41) is 6.81. The van der Waals surface area contributed by atoms with Gasteiger partial charge in [-0.2, -0.15) is 0 Å². The zero-order valence-electron chi connectivity index (χ0n) is 9.05. The van der Waals surface area contributed by atoms with Gasteiger partial charge in [-0.05, 0) is 41.9 Å². The summed E-state index contributed by atoms with van der Waals surface area (Å²) in [6.07, 6.45) is 3.46. The van der Waals surface area contributed by atoms with E-state index in [1.807, 2.05) is 6.92 Å². The highest BCUT2D eigenvalue weighted by Crippen LogP contribution is 2.31. The van der Waals surface area contributed by atoms with Gasteiger partial charge in [-0.1, -0.05) is 18.3 Å². The number of thiazole rings is 1. The molecule has 2 rings (SSSR count). The first kappa shape index (κ1) is 12.0. The number of carbonyl (C=O) groups is 1. The molecule has 16 heavy (non-hydrogen) atoms. The van der Waals surface area contributed by atoms with Crippen LogP contribution in [0.2, 0.25) is 0 Å². The lowest BCUT2D eigenvalue weighted by atomic mass is 9.80. The van der Waals surface area contributed by atoms with Crippen LogP contribution in [0.1, 0.15) is 19.8 Å². The molecule has 1 fully saturated rings. The predicted molar refractivity (Wildman–Crippen MR) is 68.7 cm³/mol. The van der Waals surface area contributed by atoms with Gasteiger partial charge < -0.3 is 10.6 Å². The van der Waals surface area contributed by atoms with Crippen molar-refractivity contribution in [2.75, 3.05) is 18.4 Å². The number of nitrogens with zero attached hydrogens (tertiary/aromatic N) is 1. The van der Waals surface area contributed by atoms with E-state index in [0.29, 0.717) is 5.13 Å². The minimum Gasteiger partial charge on any atom is -0.317 e. The van der Waals surface area contributed by atoms with Crippen LogP contribution in [0.25, 0.3) is 0 Å². The summed E-state index contributed by atoms with van der Waals surface area (Å²) in [6, 6.07) is 0. The second-order valence-corrected chi connectivity index (χ2v) is 6.64. The molecule has 0 atom stereocenters. The molecular formula is C10H14BrN3OS. The molecule has 0 radical (unpaired) electrons. The van der Waals surface area contributed by atoms with Crippen LogP contribution in [-0.4, -0.2) is 24.0 Å². The van der Waals surface area contributed by atoms with Gasteiger partial charge in [-0.3, -0.25) is 4.79 Å². The van der Waals surface area contributed by atoms with Crippen LogP contribution in [0.3, 0.4) is 0 Å². The molecule has 1 aliphatic rings. The van der Waals surface area contributed by atoms with E-state index in [2.05, 4.69) is 31.5 Å². The van der Waals surface area contributed by atoms with Crippen LogP contribution in [0, 0.1) is 5.41 Å². The number of hydrogen-bond donors (Lipinski definition) is 2. The smallest absolute Gasteiger partial charge is 0.232 e. The average Bonchev–Trinajstić information content (AvgIpc) is 2.65. The van der Waals surface area contributed by atoms with Gasteiger partial charge in [-0.15, -0.1) is 0 Å². The third-order valence-corrected chi connectivity index (χ3v) is 4.34. The molecule has 2 heterocycles. The third kappa shape index (κ3) is 2.61. The van der Waals surface area contributed by atoms with Gasteiger partial charge >= 0.3 is 0 Å². The monoisotopic (exact) mass is 303 g/mol. The van der Waals surface area contributed by atoms with Crippen molar-refractivity contribution >= 4 is 38.3 Å². The van der Waals surface area contributed by atoms with Crippen molar-refractivity contribution in [2.45, 2.75) is 19.8 Å². The van der Waals surface area contributed by atoms with E-state index in [1.165, 1.54) is 11.3 Å². The minimum absolute atomic E-state index is 0.0795. The zero-order valence-corrected chi connectivity index (χ0v) is 11.4. The Labute approximate surface area is 107 Å². The van der Waals surface area contributed by atoms with Crippen molar-refractivity contribution in [3.63, 3.8) is 0 Å². The molecule has 1 amide bonds. The Morgan fingerprint density at radius 1 is 1.62 bits per heavy atom. The van der Waals surface area contributed by atoms with Crippen LogP contribution < -0.4 is 10.6 Å². The molecule has 4 nitrogen and oxygen atoms in total. The van der Waals surface area contributed by atoms with E-state index in [1.54, 1.807) is 6.20 Å². The summed E-state index contributed by atoms with van der Waals surface area (Å²) >= 11 is 4.76. The molecule has 1 saturated heterocycles. The lowest BCUT2D eigenvalue weighted by Gasteiger charge is -2.32. The molecule has 6 heteroatoms. The topological polar surface area (TPSA) is 54.0 Å². The Hall–Kier alpha value is -0.460. The van der Waals surface area contributed by atoms with Crippen LogP contribution in [0.15, 0.2) is 9.98 Å². The Morgan fingerprint density at radius 2 is 2.31 bits per heavy atom. The molecule has 1 aliphatic heterocycles. The number of aromatic nitrogens is 1. The van der Waals surface area contributed by atoms with E-state index in [4.69, 9.17) is 0 Å². The quantitative estimate of drug-likeness (QED) is 0.881. The molecular weight excluding hydrogens is 290 g/mol. The maximum atomic E-state index is 12.1. The Morgan fingerprint density at radius 3 is 2.88 bits per heavy atom. The number of amides is 1. The molecule has 1 aromatic heterocycles. The fourth-order valence-corrected chi connectivity index (χ4v) is 2.87. The first-order valence-electron chi connectivity index (χ1n) is 5.24. The number of carbonyl (C=O) groups excluding carboxylic acids is 1. The summed E-state index contributed by atoms with van der Waals surface area (Å²) in [7, 11) is 0. The van der Waals surface area contributed by atoms with Gasteiger partial charge in [-0.25, -0.2) is 4.98 Å². The van der Waals surface area contributed by atoms with Crippen LogP contribution in [0.5, 0.6) is 0 Å². The molecule has 0 aliphatic carbocycles. The predicted octanol–water partition coefficient (Wildman–Crippen LogP) is 2.23. The molecule has 0 unspecified atom stereocenters. The summed E-state index contributed by atoms with van der Waals surface area (Å²) in [6.45, 7) is 3.84. The lowest BCUT2D eigenvalue weighted by molar-refractivity contribution is -0.126. The van der Waals surface area contributed by atoms with Crippen molar-refractivity contribution in [1.29, 1.82) is 0 Å². The van der Waals surface area contributed by atoms with Crippen molar-refractivity contribution in [3.05, 3.63) is 9.98 Å². The Kier molecular flexibility index (Phi) is 3.61. The molecule has 88 valence electrons. The van der Waals surface area contributed by atoms with Gasteiger partial charge in [0.05, 0.1) is 9.98 Å². The van der Waals surface area contributed by atoms with Crippen molar-refractivity contribution in [1.82, 2.24) is 10.3 Å². The minimum atomic E-state index is -0.261. The number of nitrogens with one attached hydrogen (secondary N) is 2. The second kappa shape index (κ2) is 4.81. The number of halogens is 1. The molecule has 0 aromatic carbocycles. The van der Waals surface area contributed by atoms with Crippen molar-refractivity contribution < 1.29 is 4.79 Å². The standard InChI is InChI=1S/C10H14BrN3OS/c1-10(2-4-12-5-3-10)8(15)14-9-13-6-7(11)16-9/h6,12H,2-5H2,1H3,(H,13,14,15). The normalized spacial score (nSPS) is 19.4.